The summed E-state index contributed by atoms with van der Waals surface area (Å²) in [7, 11) is 0. The van der Waals surface area contributed by atoms with Crippen molar-refractivity contribution in [3.8, 4) is 0 Å². The third-order valence-electron chi connectivity index (χ3n) is 10.5. The molecule has 0 spiro atoms. The Balaban J connectivity index is 4.37. The third-order valence-corrected chi connectivity index (χ3v) is 10.5. The molecule has 0 radical (unpaired) electrons. The molecule has 0 fully saturated rings. The van der Waals surface area contributed by atoms with E-state index in [1.807, 2.05) is 0 Å². The molecule has 6 heteroatoms. The Morgan fingerprint density at radius 2 is 0.661 bits per heavy atom. The molecule has 0 saturated heterocycles. The van der Waals surface area contributed by atoms with E-state index in [4.69, 9.17) is 14.2 Å². The van der Waals surface area contributed by atoms with Gasteiger partial charge in [-0.2, -0.15) is 0 Å². The molecular weight excluding hydrogens is 733 g/mol. The molecule has 0 aromatic rings. The predicted molar refractivity (Wildman–Crippen MR) is 251 cm³/mol. The molecule has 340 valence electrons. The van der Waals surface area contributed by atoms with Crippen LogP contribution in [0.15, 0.2) is 60.8 Å². The highest BCUT2D eigenvalue weighted by atomic mass is 16.6. The molecule has 0 heterocycles. The van der Waals surface area contributed by atoms with E-state index in [1.165, 1.54) is 77.0 Å². The summed E-state index contributed by atoms with van der Waals surface area (Å²) in [5.41, 5.74) is 0. The van der Waals surface area contributed by atoms with Gasteiger partial charge in [0, 0.05) is 19.3 Å². The summed E-state index contributed by atoms with van der Waals surface area (Å²) >= 11 is 0. The number of ether oxygens (including phenoxy) is 3. The summed E-state index contributed by atoms with van der Waals surface area (Å²) in [5.74, 6) is -0.921. The number of rotatable bonds is 44. The Hall–Kier alpha value is -2.89. The van der Waals surface area contributed by atoms with Crippen LogP contribution in [0.3, 0.4) is 0 Å². The molecule has 0 aromatic carbocycles. The van der Waals surface area contributed by atoms with Crippen LogP contribution in [0, 0.1) is 0 Å². The highest BCUT2D eigenvalue weighted by Crippen LogP contribution is 2.14. The van der Waals surface area contributed by atoms with Crippen molar-refractivity contribution in [3.63, 3.8) is 0 Å². The first-order valence-electron chi connectivity index (χ1n) is 24.8. The van der Waals surface area contributed by atoms with Gasteiger partial charge in [-0.05, 0) is 96.3 Å². The van der Waals surface area contributed by atoms with Gasteiger partial charge >= 0.3 is 17.9 Å². The summed E-state index contributed by atoms with van der Waals surface area (Å²) in [5, 5.41) is 0. The van der Waals surface area contributed by atoms with Crippen molar-refractivity contribution < 1.29 is 28.6 Å². The van der Waals surface area contributed by atoms with Gasteiger partial charge in [0.25, 0.3) is 0 Å². The molecule has 0 aromatic heterocycles. The van der Waals surface area contributed by atoms with Gasteiger partial charge in [0.2, 0.25) is 0 Å². The first-order chi connectivity index (χ1) is 29.0. The zero-order chi connectivity index (χ0) is 43.0. The second-order valence-electron chi connectivity index (χ2n) is 16.3. The van der Waals surface area contributed by atoms with E-state index in [2.05, 4.69) is 81.5 Å². The summed E-state index contributed by atoms with van der Waals surface area (Å²) in [6.07, 6.45) is 57.8. The maximum Gasteiger partial charge on any atom is 0.306 e. The van der Waals surface area contributed by atoms with Gasteiger partial charge in [0.05, 0.1) is 0 Å². The quantitative estimate of drug-likeness (QED) is 0.0263. The van der Waals surface area contributed by atoms with Crippen LogP contribution in [0.4, 0.5) is 0 Å². The predicted octanol–water partition coefficient (Wildman–Crippen LogP) is 16.1. The normalized spacial score (nSPS) is 12.5. The first-order valence-corrected chi connectivity index (χ1v) is 24.8. The maximum absolute atomic E-state index is 12.7. The molecule has 0 amide bonds. The van der Waals surface area contributed by atoms with E-state index in [9.17, 15) is 14.4 Å². The molecule has 1 atom stereocenters. The highest BCUT2D eigenvalue weighted by Gasteiger charge is 2.19. The molecule has 0 aliphatic rings. The number of allylic oxidation sites excluding steroid dienone is 10. The number of carbonyl (C=O) groups is 3. The Labute approximate surface area is 364 Å². The van der Waals surface area contributed by atoms with E-state index in [1.54, 1.807) is 0 Å². The average molecular weight is 825 g/mol. The van der Waals surface area contributed by atoms with E-state index in [0.29, 0.717) is 19.3 Å². The summed E-state index contributed by atoms with van der Waals surface area (Å²) < 4.78 is 16.7. The van der Waals surface area contributed by atoms with Crippen LogP contribution in [-0.2, 0) is 28.6 Å². The Morgan fingerprint density at radius 1 is 0.356 bits per heavy atom. The van der Waals surface area contributed by atoms with Crippen molar-refractivity contribution in [1.82, 2.24) is 0 Å². The van der Waals surface area contributed by atoms with Crippen molar-refractivity contribution >= 4 is 17.9 Å². The Bertz CT molecular complexity index is 1090. The lowest BCUT2D eigenvalue weighted by Gasteiger charge is -2.18. The molecule has 59 heavy (non-hydrogen) atoms. The minimum Gasteiger partial charge on any atom is -0.462 e. The van der Waals surface area contributed by atoms with E-state index in [0.717, 1.165) is 122 Å². The Kier molecular flexibility index (Phi) is 45.4. The SMILES string of the molecule is CC/C=C\C/C=C\CCCCCCCC(=O)OCC(COC(=O)CCCCCCCCC/C=C\CCCCCCCC)OC(=O)CCCCCCC/C=C\C/C=C\CC. The van der Waals surface area contributed by atoms with Crippen LogP contribution in [0.5, 0.6) is 0 Å². The monoisotopic (exact) mass is 825 g/mol. The lowest BCUT2D eigenvalue weighted by Crippen LogP contribution is -2.30. The van der Waals surface area contributed by atoms with Crippen molar-refractivity contribution in [2.24, 2.45) is 0 Å². The molecule has 6 nitrogen and oxygen atoms in total. The first kappa shape index (κ1) is 56.1. The van der Waals surface area contributed by atoms with E-state index < -0.39 is 6.10 Å². The van der Waals surface area contributed by atoms with Gasteiger partial charge in [0.1, 0.15) is 13.2 Å². The highest BCUT2D eigenvalue weighted by molar-refractivity contribution is 5.71. The topological polar surface area (TPSA) is 78.9 Å². The van der Waals surface area contributed by atoms with Crippen LogP contribution < -0.4 is 0 Å². The minimum absolute atomic E-state index is 0.0870. The second-order valence-corrected chi connectivity index (χ2v) is 16.3. The van der Waals surface area contributed by atoms with Gasteiger partial charge in [-0.15, -0.1) is 0 Å². The van der Waals surface area contributed by atoms with Crippen molar-refractivity contribution in [3.05, 3.63) is 60.8 Å². The largest absolute Gasteiger partial charge is 0.462 e. The third kappa shape index (κ3) is 46.0. The standard InChI is InChI=1S/C53H92O6/c1-4-7-10-13-16-19-22-25-26-27-28-29-32-34-37-40-43-46-52(55)58-49-50(59-53(56)47-44-41-38-35-31-24-21-18-15-12-9-6-3)48-57-51(54)45-42-39-36-33-30-23-20-17-14-11-8-5-2/h8-9,11-12,17-18,20-21,25-26,50H,4-7,10,13-16,19,22-24,27-49H2,1-3H3/b11-8-,12-9-,20-17-,21-18-,26-25-. The van der Waals surface area contributed by atoms with Crippen molar-refractivity contribution in [2.45, 2.75) is 245 Å². The molecule has 0 aliphatic carbocycles. The number of hydrogen-bond acceptors (Lipinski definition) is 6. The van der Waals surface area contributed by atoms with E-state index >= 15 is 0 Å². The molecule has 1 unspecified atom stereocenters. The molecular formula is C53H92O6. The summed E-state index contributed by atoms with van der Waals surface area (Å²) in [6, 6.07) is 0. The van der Waals surface area contributed by atoms with Gasteiger partial charge in [0.15, 0.2) is 6.10 Å². The Morgan fingerprint density at radius 3 is 1.03 bits per heavy atom. The second kappa shape index (κ2) is 47.8. The number of unbranched alkanes of at least 4 members (excludes halogenated alkanes) is 23. The number of carbonyl (C=O) groups excluding carboxylic acids is 3. The smallest absolute Gasteiger partial charge is 0.306 e. The molecule has 0 bridgehead atoms. The zero-order valence-electron chi connectivity index (χ0n) is 38.8. The van der Waals surface area contributed by atoms with Gasteiger partial charge in [-0.3, -0.25) is 14.4 Å². The van der Waals surface area contributed by atoms with Crippen molar-refractivity contribution in [1.29, 1.82) is 0 Å². The molecule has 0 N–H and O–H groups in total. The van der Waals surface area contributed by atoms with E-state index in [-0.39, 0.29) is 31.1 Å². The van der Waals surface area contributed by atoms with Gasteiger partial charge in [-0.25, -0.2) is 0 Å². The van der Waals surface area contributed by atoms with Crippen LogP contribution in [0.1, 0.15) is 239 Å². The zero-order valence-corrected chi connectivity index (χ0v) is 38.8. The lowest BCUT2D eigenvalue weighted by molar-refractivity contribution is -0.167. The summed E-state index contributed by atoms with van der Waals surface area (Å²) in [6.45, 7) is 6.38. The number of hydrogen-bond donors (Lipinski definition) is 0. The fraction of sp³-hybridized carbons (Fsp3) is 0.755. The fourth-order valence-corrected chi connectivity index (χ4v) is 6.81. The van der Waals surface area contributed by atoms with Gasteiger partial charge < -0.3 is 14.2 Å². The molecule has 0 aliphatic heterocycles. The van der Waals surface area contributed by atoms with Gasteiger partial charge in [-0.1, -0.05) is 184 Å². The maximum atomic E-state index is 12.7. The average Bonchev–Trinajstić information content (AvgIpc) is 3.23. The fourth-order valence-electron chi connectivity index (χ4n) is 6.81. The van der Waals surface area contributed by atoms with Crippen LogP contribution in [-0.4, -0.2) is 37.2 Å². The molecule has 0 saturated carbocycles. The van der Waals surface area contributed by atoms with Crippen LogP contribution >= 0.6 is 0 Å². The summed E-state index contributed by atoms with van der Waals surface area (Å²) in [4.78, 5) is 37.9. The van der Waals surface area contributed by atoms with Crippen LogP contribution in [0.2, 0.25) is 0 Å². The lowest BCUT2D eigenvalue weighted by atomic mass is 10.1. The van der Waals surface area contributed by atoms with Crippen molar-refractivity contribution in [2.75, 3.05) is 13.2 Å². The van der Waals surface area contributed by atoms with Crippen LogP contribution in [0.25, 0.3) is 0 Å². The minimum atomic E-state index is -0.787. The number of esters is 3. The molecule has 0 rings (SSSR count).